The van der Waals surface area contributed by atoms with Gasteiger partial charge in [0, 0.05) is 14.1 Å². The standard InChI is InChI=1S/C9H12IN3S/c1-6-8(7(11-2)4-5-10)14-9(12-3)13-6/h4-5H,1-3H3,(H,12,13)/b5-4-,11-7+. The van der Waals surface area contributed by atoms with Crippen LogP contribution in [-0.2, 0) is 0 Å². The molecule has 14 heavy (non-hydrogen) atoms. The zero-order valence-corrected chi connectivity index (χ0v) is 11.3. The first kappa shape index (κ1) is 11.6. The van der Waals surface area contributed by atoms with E-state index in [1.54, 1.807) is 18.4 Å². The maximum Gasteiger partial charge on any atom is 0.183 e. The number of rotatable bonds is 3. The van der Waals surface area contributed by atoms with Crippen molar-refractivity contribution in [2.45, 2.75) is 6.92 Å². The van der Waals surface area contributed by atoms with Crippen LogP contribution in [0.4, 0.5) is 5.13 Å². The van der Waals surface area contributed by atoms with E-state index in [-0.39, 0.29) is 0 Å². The van der Waals surface area contributed by atoms with Gasteiger partial charge in [-0.05, 0) is 17.1 Å². The van der Waals surface area contributed by atoms with E-state index in [9.17, 15) is 0 Å². The summed E-state index contributed by atoms with van der Waals surface area (Å²) < 4.78 is 1.96. The average molecular weight is 321 g/mol. The molecule has 0 aliphatic rings. The Morgan fingerprint density at radius 3 is 2.79 bits per heavy atom. The maximum atomic E-state index is 4.37. The number of nitrogens with one attached hydrogen (secondary N) is 1. The zero-order chi connectivity index (χ0) is 10.6. The molecular weight excluding hydrogens is 309 g/mol. The van der Waals surface area contributed by atoms with Crippen molar-refractivity contribution < 1.29 is 0 Å². The van der Waals surface area contributed by atoms with E-state index in [0.717, 1.165) is 21.4 Å². The number of aryl methyl sites for hydroxylation is 1. The first-order valence-electron chi connectivity index (χ1n) is 4.12. The minimum absolute atomic E-state index is 0.931. The van der Waals surface area contributed by atoms with Gasteiger partial charge in [-0.1, -0.05) is 33.9 Å². The molecule has 0 atom stereocenters. The number of hydrogen-bond acceptors (Lipinski definition) is 4. The van der Waals surface area contributed by atoms with Crippen molar-refractivity contribution in [1.29, 1.82) is 0 Å². The average Bonchev–Trinajstić information content (AvgIpc) is 2.56. The lowest BCUT2D eigenvalue weighted by atomic mass is 10.2. The van der Waals surface area contributed by atoms with Crippen molar-refractivity contribution in [3.63, 3.8) is 0 Å². The van der Waals surface area contributed by atoms with Crippen LogP contribution in [0.2, 0.25) is 0 Å². The highest BCUT2D eigenvalue weighted by Gasteiger charge is 2.09. The predicted molar refractivity (Wildman–Crippen MR) is 72.0 cm³/mol. The van der Waals surface area contributed by atoms with Gasteiger partial charge in [-0.3, -0.25) is 4.99 Å². The molecule has 3 nitrogen and oxygen atoms in total. The maximum absolute atomic E-state index is 4.37. The molecule has 5 heteroatoms. The fourth-order valence-corrected chi connectivity index (χ4v) is 2.33. The highest BCUT2D eigenvalue weighted by molar-refractivity contribution is 14.1. The lowest BCUT2D eigenvalue weighted by Gasteiger charge is -1.95. The van der Waals surface area contributed by atoms with E-state index < -0.39 is 0 Å². The van der Waals surface area contributed by atoms with E-state index in [0.29, 0.717) is 0 Å². The molecular formula is C9H12IN3S. The Kier molecular flexibility index (Phi) is 4.53. The molecule has 0 saturated heterocycles. The minimum atomic E-state index is 0.931. The van der Waals surface area contributed by atoms with Gasteiger partial charge in [0.25, 0.3) is 0 Å². The normalized spacial score (nSPS) is 12.4. The zero-order valence-electron chi connectivity index (χ0n) is 8.34. The fourth-order valence-electron chi connectivity index (χ4n) is 1.05. The SMILES string of the molecule is C/N=C(\C=C/I)c1sc(NC)nc1C. The van der Waals surface area contributed by atoms with Gasteiger partial charge in [0.15, 0.2) is 5.13 Å². The third kappa shape index (κ3) is 2.54. The number of allylic oxidation sites excluding steroid dienone is 1. The molecule has 0 aromatic carbocycles. The van der Waals surface area contributed by atoms with Gasteiger partial charge >= 0.3 is 0 Å². The Bertz CT molecular complexity index is 368. The van der Waals surface area contributed by atoms with Gasteiger partial charge in [0.1, 0.15) is 0 Å². The predicted octanol–water partition coefficient (Wildman–Crippen LogP) is 2.86. The number of aliphatic imine (C=N–C) groups is 1. The molecule has 0 fully saturated rings. The van der Waals surface area contributed by atoms with Crippen LogP contribution in [0.25, 0.3) is 0 Å². The van der Waals surface area contributed by atoms with E-state index in [1.807, 2.05) is 24.1 Å². The first-order chi connectivity index (χ1) is 6.72. The van der Waals surface area contributed by atoms with E-state index in [1.165, 1.54) is 0 Å². The van der Waals surface area contributed by atoms with Gasteiger partial charge in [-0.2, -0.15) is 0 Å². The molecule has 76 valence electrons. The molecule has 0 saturated carbocycles. The van der Waals surface area contributed by atoms with Gasteiger partial charge < -0.3 is 5.32 Å². The van der Waals surface area contributed by atoms with Crippen molar-refractivity contribution in [2.24, 2.45) is 4.99 Å². The highest BCUT2D eigenvalue weighted by atomic mass is 127. The van der Waals surface area contributed by atoms with Crippen LogP contribution in [0.15, 0.2) is 15.2 Å². The smallest absolute Gasteiger partial charge is 0.183 e. The number of thiazole rings is 1. The van der Waals surface area contributed by atoms with Gasteiger partial charge in [0.05, 0.1) is 16.3 Å². The van der Waals surface area contributed by atoms with Crippen LogP contribution in [0.3, 0.4) is 0 Å². The van der Waals surface area contributed by atoms with Crippen LogP contribution < -0.4 is 5.32 Å². The molecule has 0 bridgehead atoms. The van der Waals surface area contributed by atoms with E-state index >= 15 is 0 Å². The summed E-state index contributed by atoms with van der Waals surface area (Å²) in [6.07, 6.45) is 1.99. The molecule has 0 unspecified atom stereocenters. The number of nitrogens with zero attached hydrogens (tertiary/aromatic N) is 2. The van der Waals surface area contributed by atoms with Crippen LogP contribution in [0.5, 0.6) is 0 Å². The third-order valence-corrected chi connectivity index (χ3v) is 3.26. The lowest BCUT2D eigenvalue weighted by Crippen LogP contribution is -1.95. The largest absolute Gasteiger partial charge is 0.365 e. The van der Waals surface area contributed by atoms with Crippen molar-refractivity contribution in [3.8, 4) is 0 Å². The monoisotopic (exact) mass is 321 g/mol. The van der Waals surface area contributed by atoms with Gasteiger partial charge in [-0.15, -0.1) is 0 Å². The molecule has 1 aromatic heterocycles. The minimum Gasteiger partial charge on any atom is -0.365 e. The fraction of sp³-hybridized carbons (Fsp3) is 0.333. The van der Waals surface area contributed by atoms with Gasteiger partial charge in [0.2, 0.25) is 0 Å². The first-order valence-corrected chi connectivity index (χ1v) is 6.18. The van der Waals surface area contributed by atoms with Crippen molar-refractivity contribution >= 4 is 44.8 Å². The molecule has 1 rings (SSSR count). The molecule has 0 amide bonds. The molecule has 1 heterocycles. The summed E-state index contributed by atoms with van der Waals surface area (Å²) in [5, 5.41) is 3.97. The second-order valence-corrected chi connectivity index (χ2v) is 4.30. The van der Waals surface area contributed by atoms with E-state index in [2.05, 4.69) is 37.9 Å². The number of aromatic nitrogens is 1. The van der Waals surface area contributed by atoms with Crippen molar-refractivity contribution in [2.75, 3.05) is 19.4 Å². The van der Waals surface area contributed by atoms with E-state index in [4.69, 9.17) is 0 Å². The molecule has 1 aromatic rings. The molecule has 1 N–H and O–H groups in total. The number of anilines is 1. The number of hydrogen-bond donors (Lipinski definition) is 1. The van der Waals surface area contributed by atoms with Crippen molar-refractivity contribution in [3.05, 3.63) is 20.7 Å². The summed E-state index contributed by atoms with van der Waals surface area (Å²) in [4.78, 5) is 9.72. The van der Waals surface area contributed by atoms with Crippen LogP contribution >= 0.6 is 33.9 Å². The second kappa shape index (κ2) is 5.45. The Labute approximate surface area is 101 Å². The third-order valence-electron chi connectivity index (χ3n) is 1.70. The summed E-state index contributed by atoms with van der Waals surface area (Å²) in [6, 6.07) is 0. The van der Waals surface area contributed by atoms with Crippen LogP contribution in [0.1, 0.15) is 10.6 Å². The van der Waals surface area contributed by atoms with Crippen LogP contribution in [0, 0.1) is 6.92 Å². The molecule has 0 aliphatic carbocycles. The topological polar surface area (TPSA) is 37.3 Å². The Balaban J connectivity index is 3.10. The van der Waals surface area contributed by atoms with Gasteiger partial charge in [-0.25, -0.2) is 4.98 Å². The summed E-state index contributed by atoms with van der Waals surface area (Å²) >= 11 is 3.81. The second-order valence-electron chi connectivity index (χ2n) is 2.59. The quantitative estimate of drug-likeness (QED) is 0.687. The Hall–Kier alpha value is -0.430. The lowest BCUT2D eigenvalue weighted by molar-refractivity contribution is 1.24. The Morgan fingerprint density at radius 1 is 1.64 bits per heavy atom. The molecule has 0 radical (unpaired) electrons. The summed E-state index contributed by atoms with van der Waals surface area (Å²) in [5.74, 6) is 0. The molecule has 0 spiro atoms. The van der Waals surface area contributed by atoms with Crippen molar-refractivity contribution in [1.82, 2.24) is 4.98 Å². The van der Waals surface area contributed by atoms with Crippen LogP contribution in [-0.4, -0.2) is 24.8 Å². The molecule has 0 aliphatic heterocycles. The summed E-state index contributed by atoms with van der Waals surface area (Å²) in [7, 11) is 3.67. The number of halogens is 1. The summed E-state index contributed by atoms with van der Waals surface area (Å²) in [6.45, 7) is 2.00. The summed E-state index contributed by atoms with van der Waals surface area (Å²) in [5.41, 5.74) is 2.00. The Morgan fingerprint density at radius 2 is 2.36 bits per heavy atom. The highest BCUT2D eigenvalue weighted by Crippen LogP contribution is 2.23.